The van der Waals surface area contributed by atoms with Crippen molar-refractivity contribution < 1.29 is 4.79 Å². The van der Waals surface area contributed by atoms with Crippen LogP contribution in [0.15, 0.2) is 54.2 Å². The number of rotatable bonds is 3. The van der Waals surface area contributed by atoms with E-state index in [1.54, 1.807) is 17.5 Å². The first kappa shape index (κ1) is 16.9. The zero-order valence-electron chi connectivity index (χ0n) is 14.6. The first-order chi connectivity index (χ1) is 12.7. The summed E-state index contributed by atoms with van der Waals surface area (Å²) >= 11 is 1.60. The van der Waals surface area contributed by atoms with Crippen molar-refractivity contribution in [2.75, 3.05) is 19.6 Å². The molecule has 0 aliphatic carbocycles. The van der Waals surface area contributed by atoms with Gasteiger partial charge in [0.1, 0.15) is 5.01 Å². The SMILES string of the molecule is Cc1csc(-c2cccc(C(=O)N3CCNCC3c3cccnc3)c2)n1. The highest BCUT2D eigenvalue weighted by Gasteiger charge is 2.28. The highest BCUT2D eigenvalue weighted by atomic mass is 32.1. The van der Waals surface area contributed by atoms with Gasteiger partial charge < -0.3 is 10.2 Å². The summed E-state index contributed by atoms with van der Waals surface area (Å²) in [6.45, 7) is 4.20. The van der Waals surface area contributed by atoms with Gasteiger partial charge in [0.15, 0.2) is 0 Å². The summed E-state index contributed by atoms with van der Waals surface area (Å²) in [5.74, 6) is 0.0514. The number of nitrogens with zero attached hydrogens (tertiary/aromatic N) is 3. The number of piperazine rings is 1. The Labute approximate surface area is 156 Å². The lowest BCUT2D eigenvalue weighted by atomic mass is 10.0. The molecule has 1 N–H and O–H groups in total. The molecule has 1 fully saturated rings. The molecule has 1 amide bonds. The number of thiazole rings is 1. The minimum atomic E-state index is -0.00397. The van der Waals surface area contributed by atoms with Gasteiger partial charge in [-0.15, -0.1) is 11.3 Å². The highest BCUT2D eigenvalue weighted by Crippen LogP contribution is 2.27. The van der Waals surface area contributed by atoms with Crippen molar-refractivity contribution in [3.8, 4) is 10.6 Å². The molecule has 3 aromatic rings. The number of carbonyl (C=O) groups is 1. The summed E-state index contributed by atoms with van der Waals surface area (Å²) in [4.78, 5) is 23.9. The van der Waals surface area contributed by atoms with Gasteiger partial charge in [-0.1, -0.05) is 18.2 Å². The number of aromatic nitrogens is 2. The zero-order valence-corrected chi connectivity index (χ0v) is 15.4. The van der Waals surface area contributed by atoms with E-state index in [1.165, 1.54) is 0 Å². The molecule has 1 saturated heterocycles. The molecule has 1 aliphatic rings. The van der Waals surface area contributed by atoms with E-state index < -0.39 is 0 Å². The second kappa shape index (κ2) is 7.35. The molecule has 1 atom stereocenters. The Balaban J connectivity index is 1.63. The predicted octanol–water partition coefficient (Wildman–Crippen LogP) is 3.30. The fourth-order valence-corrected chi connectivity index (χ4v) is 4.05. The lowest BCUT2D eigenvalue weighted by Gasteiger charge is -2.36. The van der Waals surface area contributed by atoms with Gasteiger partial charge in [-0.2, -0.15) is 0 Å². The summed E-state index contributed by atoms with van der Waals surface area (Å²) in [6, 6.07) is 11.7. The quantitative estimate of drug-likeness (QED) is 0.775. The predicted molar refractivity (Wildman–Crippen MR) is 103 cm³/mol. The van der Waals surface area contributed by atoms with Crippen LogP contribution in [-0.4, -0.2) is 40.4 Å². The summed E-state index contributed by atoms with van der Waals surface area (Å²) < 4.78 is 0. The van der Waals surface area contributed by atoms with Crippen LogP contribution in [0, 0.1) is 6.92 Å². The Morgan fingerprint density at radius 3 is 3.00 bits per heavy atom. The monoisotopic (exact) mass is 364 g/mol. The average Bonchev–Trinajstić information content (AvgIpc) is 3.15. The molecular weight excluding hydrogens is 344 g/mol. The Bertz CT molecular complexity index is 909. The van der Waals surface area contributed by atoms with E-state index in [1.807, 2.05) is 59.8 Å². The van der Waals surface area contributed by atoms with Gasteiger partial charge in [-0.3, -0.25) is 9.78 Å². The molecular formula is C20H20N4OS. The maximum absolute atomic E-state index is 13.2. The smallest absolute Gasteiger partial charge is 0.254 e. The lowest BCUT2D eigenvalue weighted by Crippen LogP contribution is -2.48. The third kappa shape index (κ3) is 3.38. The lowest BCUT2D eigenvalue weighted by molar-refractivity contribution is 0.0634. The van der Waals surface area contributed by atoms with Crippen LogP contribution in [0.3, 0.4) is 0 Å². The first-order valence-corrected chi connectivity index (χ1v) is 9.54. The summed E-state index contributed by atoms with van der Waals surface area (Å²) in [6.07, 6.45) is 3.60. The summed E-state index contributed by atoms with van der Waals surface area (Å²) in [5, 5.41) is 6.35. The Morgan fingerprint density at radius 1 is 1.31 bits per heavy atom. The van der Waals surface area contributed by atoms with Crippen LogP contribution in [0.5, 0.6) is 0 Å². The average molecular weight is 364 g/mol. The van der Waals surface area contributed by atoms with E-state index in [9.17, 15) is 4.79 Å². The molecule has 132 valence electrons. The van der Waals surface area contributed by atoms with Crippen LogP contribution in [0.1, 0.15) is 27.7 Å². The van der Waals surface area contributed by atoms with Crippen molar-refractivity contribution in [2.24, 2.45) is 0 Å². The van der Waals surface area contributed by atoms with E-state index in [-0.39, 0.29) is 11.9 Å². The second-order valence-corrected chi connectivity index (χ2v) is 7.24. The molecule has 1 aliphatic heterocycles. The topological polar surface area (TPSA) is 58.1 Å². The molecule has 2 aromatic heterocycles. The summed E-state index contributed by atoms with van der Waals surface area (Å²) in [5.41, 5.74) is 3.74. The van der Waals surface area contributed by atoms with E-state index >= 15 is 0 Å². The van der Waals surface area contributed by atoms with Gasteiger partial charge in [0.05, 0.1) is 6.04 Å². The molecule has 4 rings (SSSR count). The number of benzene rings is 1. The molecule has 6 heteroatoms. The van der Waals surface area contributed by atoms with E-state index in [0.717, 1.165) is 34.9 Å². The van der Waals surface area contributed by atoms with Gasteiger partial charge >= 0.3 is 0 Å². The number of pyridine rings is 1. The van der Waals surface area contributed by atoms with Gasteiger partial charge in [-0.05, 0) is 30.7 Å². The normalized spacial score (nSPS) is 17.3. The number of amides is 1. The van der Waals surface area contributed by atoms with Crippen molar-refractivity contribution in [3.05, 3.63) is 71.0 Å². The Kier molecular flexibility index (Phi) is 4.77. The molecule has 0 saturated carbocycles. The zero-order chi connectivity index (χ0) is 17.9. The van der Waals surface area contributed by atoms with Crippen LogP contribution < -0.4 is 5.32 Å². The molecule has 0 radical (unpaired) electrons. The molecule has 26 heavy (non-hydrogen) atoms. The van der Waals surface area contributed by atoms with Gasteiger partial charge in [0.2, 0.25) is 0 Å². The number of hydrogen-bond donors (Lipinski definition) is 1. The van der Waals surface area contributed by atoms with Gasteiger partial charge in [-0.25, -0.2) is 4.98 Å². The van der Waals surface area contributed by atoms with Crippen LogP contribution in [0.2, 0.25) is 0 Å². The Hall–Kier alpha value is -2.57. The van der Waals surface area contributed by atoms with E-state index in [2.05, 4.69) is 15.3 Å². The largest absolute Gasteiger partial charge is 0.329 e. The van der Waals surface area contributed by atoms with Crippen LogP contribution in [0.4, 0.5) is 0 Å². The number of aryl methyl sites for hydroxylation is 1. The van der Waals surface area contributed by atoms with Crippen LogP contribution in [0.25, 0.3) is 10.6 Å². The molecule has 1 unspecified atom stereocenters. The van der Waals surface area contributed by atoms with Crippen LogP contribution in [-0.2, 0) is 0 Å². The molecule has 5 nitrogen and oxygen atoms in total. The number of nitrogens with one attached hydrogen (secondary N) is 1. The minimum absolute atomic E-state index is 0.00397. The second-order valence-electron chi connectivity index (χ2n) is 6.38. The number of carbonyl (C=O) groups excluding carboxylic acids is 1. The van der Waals surface area contributed by atoms with E-state index in [0.29, 0.717) is 12.1 Å². The number of hydrogen-bond acceptors (Lipinski definition) is 5. The fourth-order valence-electron chi connectivity index (χ4n) is 3.26. The van der Waals surface area contributed by atoms with Gasteiger partial charge in [0.25, 0.3) is 5.91 Å². The van der Waals surface area contributed by atoms with Crippen molar-refractivity contribution >= 4 is 17.2 Å². The third-order valence-electron chi connectivity index (χ3n) is 4.55. The summed E-state index contributed by atoms with van der Waals surface area (Å²) in [7, 11) is 0. The first-order valence-electron chi connectivity index (χ1n) is 8.66. The van der Waals surface area contributed by atoms with Gasteiger partial charge in [0, 0.05) is 54.2 Å². The standard InChI is InChI=1S/C20H20N4OS/c1-14-13-26-19(23-14)15-4-2-5-16(10-15)20(25)24-9-8-22-12-18(24)17-6-3-7-21-11-17/h2-7,10-11,13,18,22H,8-9,12H2,1H3. The molecule has 0 bridgehead atoms. The highest BCUT2D eigenvalue weighted by molar-refractivity contribution is 7.13. The minimum Gasteiger partial charge on any atom is -0.329 e. The van der Waals surface area contributed by atoms with Crippen molar-refractivity contribution in [1.82, 2.24) is 20.2 Å². The fraction of sp³-hybridized carbons (Fsp3) is 0.250. The van der Waals surface area contributed by atoms with Crippen molar-refractivity contribution in [3.63, 3.8) is 0 Å². The van der Waals surface area contributed by atoms with Crippen LogP contribution >= 0.6 is 11.3 Å². The Morgan fingerprint density at radius 2 is 2.23 bits per heavy atom. The maximum Gasteiger partial charge on any atom is 0.254 e. The molecule has 1 aromatic carbocycles. The van der Waals surface area contributed by atoms with Crippen molar-refractivity contribution in [2.45, 2.75) is 13.0 Å². The van der Waals surface area contributed by atoms with Crippen molar-refractivity contribution in [1.29, 1.82) is 0 Å². The molecule has 3 heterocycles. The molecule has 0 spiro atoms. The third-order valence-corrected chi connectivity index (χ3v) is 5.56. The maximum atomic E-state index is 13.2. The van der Waals surface area contributed by atoms with E-state index in [4.69, 9.17) is 0 Å².